The van der Waals surface area contributed by atoms with Gasteiger partial charge in [0.2, 0.25) is 11.9 Å². The second-order valence-electron chi connectivity index (χ2n) is 4.72. The van der Waals surface area contributed by atoms with Gasteiger partial charge in [0.05, 0.1) is 0 Å². The molecule has 8 heteroatoms. The Morgan fingerprint density at radius 3 is 2.65 bits per heavy atom. The molecule has 0 saturated carbocycles. The van der Waals surface area contributed by atoms with Gasteiger partial charge in [0.25, 0.3) is 0 Å². The van der Waals surface area contributed by atoms with Crippen LogP contribution in [0.4, 0.5) is 17.6 Å². The molecule has 0 aliphatic carbocycles. The Labute approximate surface area is 134 Å². The van der Waals surface area contributed by atoms with E-state index < -0.39 is 5.97 Å². The number of nitrogens with two attached hydrogens (primary N) is 1. The molecular formula is C15H19N5O3. The van der Waals surface area contributed by atoms with E-state index in [2.05, 4.69) is 20.3 Å². The molecule has 0 bridgehead atoms. The molecule has 0 amide bonds. The minimum absolute atomic E-state index is 0.0467. The lowest BCUT2D eigenvalue weighted by molar-refractivity contribution is -0.150. The fourth-order valence-corrected chi connectivity index (χ4v) is 1.70. The van der Waals surface area contributed by atoms with Crippen molar-refractivity contribution >= 4 is 23.6 Å². The molecule has 1 heterocycles. The summed E-state index contributed by atoms with van der Waals surface area (Å²) in [6, 6.07) is 7.72. The molecule has 0 unspecified atom stereocenters. The third-order valence-corrected chi connectivity index (χ3v) is 2.79. The van der Waals surface area contributed by atoms with E-state index in [1.54, 1.807) is 6.92 Å². The topological polar surface area (TPSA) is 112 Å². The Balaban J connectivity index is 2.00. The zero-order valence-corrected chi connectivity index (χ0v) is 13.1. The summed E-state index contributed by atoms with van der Waals surface area (Å²) in [5.74, 6) is 0.110. The number of esters is 1. The molecule has 2 aromatic rings. The van der Waals surface area contributed by atoms with Crippen molar-refractivity contribution in [2.45, 2.75) is 20.5 Å². The highest BCUT2D eigenvalue weighted by Crippen LogP contribution is 2.14. The summed E-state index contributed by atoms with van der Waals surface area (Å²) in [7, 11) is 0. The number of rotatable bonds is 7. The van der Waals surface area contributed by atoms with E-state index in [1.807, 2.05) is 31.2 Å². The van der Waals surface area contributed by atoms with Gasteiger partial charge in [0.15, 0.2) is 12.4 Å². The van der Waals surface area contributed by atoms with Crippen LogP contribution < -0.4 is 11.1 Å². The van der Waals surface area contributed by atoms with Crippen LogP contribution in [0.3, 0.4) is 0 Å². The second kappa shape index (κ2) is 8.04. The summed E-state index contributed by atoms with van der Waals surface area (Å²) < 4.78 is 9.96. The Morgan fingerprint density at radius 2 is 1.96 bits per heavy atom. The molecule has 0 radical (unpaired) electrons. The predicted octanol–water partition coefficient (Wildman–Crippen LogP) is 1.59. The minimum atomic E-state index is -0.487. The van der Waals surface area contributed by atoms with Gasteiger partial charge in [-0.25, -0.2) is 4.79 Å². The smallest absolute Gasteiger partial charge is 0.332 e. The van der Waals surface area contributed by atoms with Crippen LogP contribution in [0.25, 0.3) is 0 Å². The predicted molar refractivity (Wildman–Crippen MR) is 85.0 cm³/mol. The summed E-state index contributed by atoms with van der Waals surface area (Å²) in [6.45, 7) is 4.04. The number of benzene rings is 1. The van der Waals surface area contributed by atoms with Gasteiger partial charge in [-0.05, 0) is 26.0 Å². The SMILES string of the molecule is CCOCC(=O)OCc1nc(N)nc(Nc2ccc(C)cc2)n1. The number of aryl methyl sites for hydroxylation is 1. The fraction of sp³-hybridized carbons (Fsp3) is 0.333. The number of nitrogens with one attached hydrogen (secondary N) is 1. The summed E-state index contributed by atoms with van der Waals surface area (Å²) in [5, 5.41) is 3.03. The first-order valence-electron chi connectivity index (χ1n) is 7.14. The highest BCUT2D eigenvalue weighted by Gasteiger charge is 2.08. The van der Waals surface area contributed by atoms with Gasteiger partial charge < -0.3 is 20.5 Å². The molecule has 122 valence electrons. The fourth-order valence-electron chi connectivity index (χ4n) is 1.70. The monoisotopic (exact) mass is 317 g/mol. The number of hydrogen-bond donors (Lipinski definition) is 2. The molecule has 0 aliphatic heterocycles. The molecule has 0 fully saturated rings. The molecule has 0 aliphatic rings. The third kappa shape index (κ3) is 5.51. The quantitative estimate of drug-likeness (QED) is 0.740. The lowest BCUT2D eigenvalue weighted by atomic mass is 10.2. The van der Waals surface area contributed by atoms with Crippen molar-refractivity contribution in [1.29, 1.82) is 0 Å². The lowest BCUT2D eigenvalue weighted by Crippen LogP contribution is -2.14. The zero-order chi connectivity index (χ0) is 16.7. The first-order valence-corrected chi connectivity index (χ1v) is 7.14. The maximum Gasteiger partial charge on any atom is 0.332 e. The van der Waals surface area contributed by atoms with Gasteiger partial charge in [0, 0.05) is 12.3 Å². The van der Waals surface area contributed by atoms with E-state index in [9.17, 15) is 4.79 Å². The van der Waals surface area contributed by atoms with Gasteiger partial charge >= 0.3 is 5.97 Å². The van der Waals surface area contributed by atoms with Crippen molar-refractivity contribution in [2.24, 2.45) is 0 Å². The number of carbonyl (C=O) groups excluding carboxylic acids is 1. The number of hydrogen-bond acceptors (Lipinski definition) is 8. The number of nitrogen functional groups attached to an aromatic ring is 1. The number of anilines is 3. The maximum absolute atomic E-state index is 11.4. The van der Waals surface area contributed by atoms with Crippen LogP contribution in [-0.2, 0) is 20.9 Å². The van der Waals surface area contributed by atoms with E-state index in [4.69, 9.17) is 15.2 Å². The second-order valence-corrected chi connectivity index (χ2v) is 4.72. The molecule has 0 atom stereocenters. The molecule has 1 aromatic carbocycles. The van der Waals surface area contributed by atoms with Crippen molar-refractivity contribution in [3.8, 4) is 0 Å². The van der Waals surface area contributed by atoms with Gasteiger partial charge in [0.1, 0.15) is 6.61 Å². The molecule has 1 aromatic heterocycles. The number of carbonyl (C=O) groups is 1. The standard InChI is InChI=1S/C15H19N5O3/c1-3-22-9-13(21)23-8-12-18-14(16)20-15(19-12)17-11-6-4-10(2)5-7-11/h4-7H,3,8-9H2,1-2H3,(H3,16,17,18,19,20). The van der Waals surface area contributed by atoms with Gasteiger partial charge in [-0.2, -0.15) is 15.0 Å². The summed E-state index contributed by atoms with van der Waals surface area (Å²) in [4.78, 5) is 23.5. The van der Waals surface area contributed by atoms with Crippen molar-refractivity contribution < 1.29 is 14.3 Å². The Morgan fingerprint density at radius 1 is 1.22 bits per heavy atom. The Kier molecular flexibility index (Phi) is 5.81. The summed E-state index contributed by atoms with van der Waals surface area (Å²) in [6.07, 6.45) is 0. The van der Waals surface area contributed by atoms with Crippen molar-refractivity contribution in [1.82, 2.24) is 15.0 Å². The van der Waals surface area contributed by atoms with E-state index in [0.717, 1.165) is 11.3 Å². The average Bonchev–Trinajstić information content (AvgIpc) is 2.52. The zero-order valence-electron chi connectivity index (χ0n) is 13.1. The highest BCUT2D eigenvalue weighted by molar-refractivity contribution is 5.70. The van der Waals surface area contributed by atoms with Crippen LogP contribution in [0.5, 0.6) is 0 Å². The van der Waals surface area contributed by atoms with Gasteiger partial charge in [-0.1, -0.05) is 17.7 Å². The molecule has 0 spiro atoms. The maximum atomic E-state index is 11.4. The average molecular weight is 317 g/mol. The number of nitrogens with zero attached hydrogens (tertiary/aromatic N) is 3. The molecular weight excluding hydrogens is 298 g/mol. The van der Waals surface area contributed by atoms with Gasteiger partial charge in [-0.3, -0.25) is 0 Å². The highest BCUT2D eigenvalue weighted by atomic mass is 16.6. The molecule has 0 saturated heterocycles. The van der Waals surface area contributed by atoms with Crippen molar-refractivity contribution in [2.75, 3.05) is 24.3 Å². The number of ether oxygens (including phenoxy) is 2. The minimum Gasteiger partial charge on any atom is -0.456 e. The normalized spacial score (nSPS) is 10.3. The molecule has 8 nitrogen and oxygen atoms in total. The molecule has 2 rings (SSSR count). The molecule has 23 heavy (non-hydrogen) atoms. The summed E-state index contributed by atoms with van der Waals surface area (Å²) >= 11 is 0. The Bertz CT molecular complexity index is 661. The van der Waals surface area contributed by atoms with Crippen LogP contribution >= 0.6 is 0 Å². The largest absolute Gasteiger partial charge is 0.456 e. The molecule has 3 N–H and O–H groups in total. The van der Waals surface area contributed by atoms with Crippen LogP contribution in [0.2, 0.25) is 0 Å². The van der Waals surface area contributed by atoms with E-state index in [-0.39, 0.29) is 30.9 Å². The van der Waals surface area contributed by atoms with Crippen LogP contribution in [-0.4, -0.2) is 34.1 Å². The Hall–Kier alpha value is -2.74. The lowest BCUT2D eigenvalue weighted by Gasteiger charge is -2.08. The van der Waals surface area contributed by atoms with Crippen LogP contribution in [0.15, 0.2) is 24.3 Å². The number of aromatic nitrogens is 3. The van der Waals surface area contributed by atoms with Crippen LogP contribution in [0, 0.1) is 6.92 Å². The first kappa shape index (κ1) is 16.6. The van der Waals surface area contributed by atoms with E-state index in [0.29, 0.717) is 6.61 Å². The van der Waals surface area contributed by atoms with Crippen LogP contribution in [0.1, 0.15) is 18.3 Å². The van der Waals surface area contributed by atoms with E-state index >= 15 is 0 Å². The summed E-state index contributed by atoms with van der Waals surface area (Å²) in [5.41, 5.74) is 7.62. The van der Waals surface area contributed by atoms with Gasteiger partial charge in [-0.15, -0.1) is 0 Å². The van der Waals surface area contributed by atoms with Crippen molar-refractivity contribution in [3.63, 3.8) is 0 Å². The van der Waals surface area contributed by atoms with Crippen molar-refractivity contribution in [3.05, 3.63) is 35.7 Å². The van der Waals surface area contributed by atoms with E-state index in [1.165, 1.54) is 0 Å². The third-order valence-electron chi connectivity index (χ3n) is 2.79. The first-order chi connectivity index (χ1) is 11.1.